The Morgan fingerprint density at radius 3 is 2.70 bits per heavy atom. The zero-order valence-electron chi connectivity index (χ0n) is 18.5. The number of pyridine rings is 1. The molecular weight excluding hydrogens is 446 g/mol. The summed E-state index contributed by atoms with van der Waals surface area (Å²) in [4.78, 5) is 29.8. The van der Waals surface area contributed by atoms with Crippen molar-refractivity contribution < 1.29 is 27.0 Å². The third-order valence-electron chi connectivity index (χ3n) is 4.98. The molecule has 0 bridgehead atoms. The summed E-state index contributed by atoms with van der Waals surface area (Å²) in [6, 6.07) is 9.81. The van der Waals surface area contributed by atoms with E-state index < -0.39 is 10.1 Å². The average Bonchev–Trinajstić information content (AvgIpc) is 3.06. The molecule has 0 atom stereocenters. The fourth-order valence-electron chi connectivity index (χ4n) is 3.33. The second-order valence-electron chi connectivity index (χ2n) is 7.73. The molecule has 174 valence electrons. The first-order valence-electron chi connectivity index (χ1n) is 10.1. The molecule has 2 N–H and O–H groups in total. The summed E-state index contributed by atoms with van der Waals surface area (Å²) in [7, 11) is -1.92. The Bertz CT molecular complexity index is 1320. The van der Waals surface area contributed by atoms with Gasteiger partial charge < -0.3 is 14.6 Å². The largest absolute Gasteiger partial charge is 0.459 e. The van der Waals surface area contributed by atoms with Gasteiger partial charge in [0, 0.05) is 36.7 Å². The fourth-order valence-corrected chi connectivity index (χ4v) is 3.33. The normalized spacial score (nSPS) is 13.3. The van der Waals surface area contributed by atoms with Crippen LogP contribution in [0.2, 0.25) is 0 Å². The number of nitrogens with zero attached hydrogens (tertiary/aromatic N) is 2. The lowest BCUT2D eigenvalue weighted by Crippen LogP contribution is -2.24. The van der Waals surface area contributed by atoms with Crippen LogP contribution in [-0.4, -0.2) is 48.0 Å². The molecule has 0 radical (unpaired) electrons. The first-order chi connectivity index (χ1) is 15.5. The molecule has 10 heteroatoms. The molecule has 1 aliphatic heterocycles. The van der Waals surface area contributed by atoms with E-state index in [4.69, 9.17) is 8.97 Å². The number of carbonyl (C=O) groups is 2. The molecule has 2 amide bonds. The lowest BCUT2D eigenvalue weighted by Gasteiger charge is -2.16. The number of anilines is 1. The van der Waals surface area contributed by atoms with E-state index in [1.54, 1.807) is 24.2 Å². The maximum Gasteiger partial charge on any atom is 0.261 e. The highest BCUT2D eigenvalue weighted by atomic mass is 32.2. The third-order valence-corrected chi connectivity index (χ3v) is 4.98. The van der Waals surface area contributed by atoms with Crippen molar-refractivity contribution >= 4 is 44.8 Å². The number of nitrogens with one attached hydrogen (secondary N) is 1. The number of hydrogen-bond donors (Lipinski definition) is 2. The molecule has 9 nitrogen and oxygen atoms in total. The van der Waals surface area contributed by atoms with Crippen molar-refractivity contribution in [2.75, 3.05) is 18.6 Å². The van der Waals surface area contributed by atoms with Gasteiger partial charge in [0.15, 0.2) is 0 Å². The third kappa shape index (κ3) is 6.74. The van der Waals surface area contributed by atoms with Crippen molar-refractivity contribution in [2.45, 2.75) is 26.3 Å². The van der Waals surface area contributed by atoms with E-state index >= 15 is 0 Å². The van der Waals surface area contributed by atoms with Gasteiger partial charge in [-0.1, -0.05) is 18.2 Å². The molecule has 3 heterocycles. The number of carbonyl (C=O) groups excluding carboxylic acids is 2. The van der Waals surface area contributed by atoms with E-state index in [0.717, 1.165) is 33.4 Å². The first kappa shape index (κ1) is 24.1. The Balaban J connectivity index is 0.000000555. The average molecular weight is 472 g/mol. The quantitative estimate of drug-likeness (QED) is 0.441. The second kappa shape index (κ2) is 9.97. The van der Waals surface area contributed by atoms with Gasteiger partial charge in [-0.3, -0.25) is 14.1 Å². The molecule has 0 unspecified atom stereocenters. The van der Waals surface area contributed by atoms with Gasteiger partial charge in [-0.2, -0.15) is 8.42 Å². The number of fused-ring (bicyclic) bond motifs is 2. The summed E-state index contributed by atoms with van der Waals surface area (Å²) in [5.41, 5.74) is 3.70. The van der Waals surface area contributed by atoms with E-state index in [9.17, 15) is 18.0 Å². The summed E-state index contributed by atoms with van der Waals surface area (Å²) in [5, 5.41) is 3.82. The number of aryl methyl sites for hydroxylation is 2. The molecule has 33 heavy (non-hydrogen) atoms. The van der Waals surface area contributed by atoms with Gasteiger partial charge in [0.2, 0.25) is 11.8 Å². The molecule has 0 saturated carbocycles. The predicted octanol–water partition coefficient (Wildman–Crippen LogP) is 3.20. The molecule has 0 spiro atoms. The van der Waals surface area contributed by atoms with Gasteiger partial charge in [0.1, 0.15) is 17.2 Å². The van der Waals surface area contributed by atoms with Gasteiger partial charge >= 0.3 is 0 Å². The van der Waals surface area contributed by atoms with Crippen LogP contribution in [0, 0.1) is 6.92 Å². The van der Waals surface area contributed by atoms with Crippen LogP contribution in [0.1, 0.15) is 28.9 Å². The van der Waals surface area contributed by atoms with Gasteiger partial charge in [0.25, 0.3) is 10.1 Å². The number of amides is 2. The lowest BCUT2D eigenvalue weighted by atomic mass is 10.0. The minimum absolute atomic E-state index is 0.0130. The molecule has 1 aromatic carbocycles. The minimum atomic E-state index is -3.67. The summed E-state index contributed by atoms with van der Waals surface area (Å²) < 4.78 is 31.8. The second-order valence-corrected chi connectivity index (χ2v) is 9.20. The first-order valence-corrected chi connectivity index (χ1v) is 12.0. The van der Waals surface area contributed by atoms with Crippen LogP contribution in [0.3, 0.4) is 0 Å². The molecule has 2 aromatic heterocycles. The van der Waals surface area contributed by atoms with Crippen LogP contribution in [0.5, 0.6) is 0 Å². The van der Waals surface area contributed by atoms with Crippen molar-refractivity contribution in [1.29, 1.82) is 0 Å². The smallest absolute Gasteiger partial charge is 0.261 e. The van der Waals surface area contributed by atoms with Crippen LogP contribution in [0.25, 0.3) is 17.0 Å². The summed E-state index contributed by atoms with van der Waals surface area (Å²) in [6.45, 7) is 2.41. The molecular formula is C23H25N3O6S. The Kier molecular flexibility index (Phi) is 7.29. The monoisotopic (exact) mass is 471 g/mol. The van der Waals surface area contributed by atoms with Crippen molar-refractivity contribution in [3.05, 3.63) is 65.1 Å². The van der Waals surface area contributed by atoms with Gasteiger partial charge in [-0.15, -0.1) is 0 Å². The maximum absolute atomic E-state index is 12.5. The minimum Gasteiger partial charge on any atom is -0.459 e. The number of benzene rings is 1. The fraction of sp³-hybridized carbons (Fsp3) is 0.261. The number of para-hydroxylation sites is 1. The summed E-state index contributed by atoms with van der Waals surface area (Å²) in [6.07, 6.45) is 6.76. The van der Waals surface area contributed by atoms with Gasteiger partial charge in [0.05, 0.1) is 12.8 Å². The highest BCUT2D eigenvalue weighted by Gasteiger charge is 2.16. The Morgan fingerprint density at radius 1 is 1.30 bits per heavy atom. The number of rotatable bonds is 4. The molecule has 3 aromatic rings. The van der Waals surface area contributed by atoms with Crippen LogP contribution < -0.4 is 5.32 Å². The van der Waals surface area contributed by atoms with E-state index in [2.05, 4.69) is 10.3 Å². The Morgan fingerprint density at radius 2 is 2.00 bits per heavy atom. The molecule has 0 fully saturated rings. The Hall–Kier alpha value is -3.50. The van der Waals surface area contributed by atoms with Crippen molar-refractivity contribution in [2.24, 2.45) is 0 Å². The Labute approximate surface area is 191 Å². The number of aromatic nitrogens is 1. The van der Waals surface area contributed by atoms with Crippen LogP contribution in [0.15, 0.2) is 47.0 Å². The molecule has 0 saturated heterocycles. The van der Waals surface area contributed by atoms with Gasteiger partial charge in [-0.25, -0.2) is 4.98 Å². The lowest BCUT2D eigenvalue weighted by molar-refractivity contribution is -0.125. The summed E-state index contributed by atoms with van der Waals surface area (Å²) in [5.74, 6) is 1.26. The SMILES string of the molecule is CS(=O)(=O)O.Cc1c(CN(C)C(=O)C=Cc2cnc3c(c2)CCC(=O)N3)oc2ccccc12. The van der Waals surface area contributed by atoms with Crippen LogP contribution in [0.4, 0.5) is 5.82 Å². The molecule has 0 aliphatic carbocycles. The van der Waals surface area contributed by atoms with E-state index in [0.29, 0.717) is 31.5 Å². The highest BCUT2D eigenvalue weighted by Crippen LogP contribution is 2.26. The van der Waals surface area contributed by atoms with Crippen molar-refractivity contribution in [3.8, 4) is 0 Å². The summed E-state index contributed by atoms with van der Waals surface area (Å²) >= 11 is 0. The van der Waals surface area contributed by atoms with E-state index in [1.165, 1.54) is 6.08 Å². The number of furan rings is 1. The predicted molar refractivity (Wildman–Crippen MR) is 125 cm³/mol. The van der Waals surface area contributed by atoms with E-state index in [-0.39, 0.29) is 11.8 Å². The van der Waals surface area contributed by atoms with Gasteiger partial charge in [-0.05, 0) is 42.7 Å². The zero-order chi connectivity index (χ0) is 24.2. The van der Waals surface area contributed by atoms with Crippen LogP contribution >= 0.6 is 0 Å². The van der Waals surface area contributed by atoms with Crippen LogP contribution in [-0.2, 0) is 32.7 Å². The molecule has 4 rings (SSSR count). The number of likely N-dealkylation sites (N-methyl/N-ethyl adjacent to an activating group) is 1. The topological polar surface area (TPSA) is 130 Å². The van der Waals surface area contributed by atoms with Crippen molar-refractivity contribution in [3.63, 3.8) is 0 Å². The van der Waals surface area contributed by atoms with E-state index in [1.807, 2.05) is 37.3 Å². The molecule has 1 aliphatic rings. The zero-order valence-corrected chi connectivity index (χ0v) is 19.3. The highest BCUT2D eigenvalue weighted by molar-refractivity contribution is 7.85. The van der Waals surface area contributed by atoms with Crippen molar-refractivity contribution in [1.82, 2.24) is 9.88 Å². The standard InChI is InChI=1S/C22H21N3O3.CH4O3S/c1-14-17-5-3-4-6-18(17)28-19(14)13-25(2)21(27)10-7-15-11-16-8-9-20(26)24-22(16)23-12-15;1-5(2,3)4/h3-7,10-12H,8-9,13H2,1-2H3,(H,23,24,26);1H3,(H,2,3,4). The number of hydrogen-bond acceptors (Lipinski definition) is 6. The maximum atomic E-state index is 12.5.